The van der Waals surface area contributed by atoms with Gasteiger partial charge in [-0.1, -0.05) is 12.1 Å². The van der Waals surface area contributed by atoms with E-state index in [9.17, 15) is 4.79 Å². The van der Waals surface area contributed by atoms with Crippen molar-refractivity contribution >= 4 is 30.2 Å². The van der Waals surface area contributed by atoms with Crippen LogP contribution in [0.25, 0.3) is 0 Å². The van der Waals surface area contributed by atoms with Gasteiger partial charge in [0.2, 0.25) is 0 Å². The molecule has 15 heavy (non-hydrogen) atoms. The van der Waals surface area contributed by atoms with Crippen molar-refractivity contribution in [2.45, 2.75) is 17.2 Å². The van der Waals surface area contributed by atoms with Gasteiger partial charge in [-0.2, -0.15) is 5.26 Å². The predicted molar refractivity (Wildman–Crippen MR) is 59.3 cm³/mol. The van der Waals surface area contributed by atoms with E-state index in [2.05, 4.69) is 12.6 Å². The highest BCUT2D eigenvalue weighted by atomic mass is 35.5. The van der Waals surface area contributed by atoms with Crippen molar-refractivity contribution in [3.63, 3.8) is 0 Å². The molecule has 0 spiro atoms. The van der Waals surface area contributed by atoms with Crippen LogP contribution in [-0.4, -0.2) is 11.1 Å². The van der Waals surface area contributed by atoms with E-state index < -0.39 is 5.97 Å². The van der Waals surface area contributed by atoms with Gasteiger partial charge >= 0.3 is 5.97 Å². The molecule has 0 radical (unpaired) electrons. The van der Waals surface area contributed by atoms with Crippen molar-refractivity contribution in [1.82, 2.24) is 0 Å². The van der Waals surface area contributed by atoms with Crippen molar-refractivity contribution in [3.8, 4) is 6.07 Å². The van der Waals surface area contributed by atoms with Crippen LogP contribution in [0.3, 0.4) is 0 Å². The van der Waals surface area contributed by atoms with Crippen LogP contribution in [0, 0.1) is 11.3 Å². The molecule has 0 saturated heterocycles. The second-order valence-electron chi connectivity index (χ2n) is 2.92. The fourth-order valence-corrected chi connectivity index (χ4v) is 1.88. The fourth-order valence-electron chi connectivity index (χ4n) is 1.22. The van der Waals surface area contributed by atoms with Gasteiger partial charge in [0.1, 0.15) is 6.07 Å². The Hall–Kier alpha value is -1.18. The zero-order valence-electron chi connectivity index (χ0n) is 7.70. The fraction of sp³-hybridized carbons (Fsp3) is 0.200. The number of nitriles is 1. The summed E-state index contributed by atoms with van der Waals surface area (Å²) in [5.74, 6) is -0.723. The molecule has 0 amide bonds. The van der Waals surface area contributed by atoms with E-state index >= 15 is 0 Å². The van der Waals surface area contributed by atoms with Gasteiger partial charge in [0.25, 0.3) is 0 Å². The molecule has 0 aliphatic carbocycles. The molecule has 78 valence electrons. The quantitative estimate of drug-likeness (QED) is 0.630. The van der Waals surface area contributed by atoms with Crippen LogP contribution in [0.1, 0.15) is 16.7 Å². The summed E-state index contributed by atoms with van der Waals surface area (Å²) in [5, 5.41) is 17.5. The normalized spacial score (nSPS) is 9.67. The molecule has 1 aromatic carbocycles. The lowest BCUT2D eigenvalue weighted by Gasteiger charge is -2.07. The van der Waals surface area contributed by atoms with Crippen molar-refractivity contribution in [2.24, 2.45) is 0 Å². The number of nitrogens with zero attached hydrogens (tertiary/aromatic N) is 1. The van der Waals surface area contributed by atoms with E-state index in [1.807, 2.05) is 6.07 Å². The second-order valence-corrected chi connectivity index (χ2v) is 3.64. The average Bonchev–Trinajstić information content (AvgIpc) is 2.18. The van der Waals surface area contributed by atoms with E-state index in [4.69, 9.17) is 22.0 Å². The number of carbonyl (C=O) groups is 1. The minimum Gasteiger partial charge on any atom is -0.481 e. The number of thiol groups is 1. The van der Waals surface area contributed by atoms with Gasteiger partial charge in [0.15, 0.2) is 0 Å². The number of hydrogen-bond donors (Lipinski definition) is 2. The third-order valence-corrected chi connectivity index (χ3v) is 2.74. The highest BCUT2D eigenvalue weighted by molar-refractivity contribution is 7.80. The van der Waals surface area contributed by atoms with Gasteiger partial charge in [0.05, 0.1) is 12.0 Å². The molecule has 0 aliphatic heterocycles. The minimum atomic E-state index is -0.974. The van der Waals surface area contributed by atoms with E-state index in [0.717, 1.165) is 5.56 Å². The summed E-state index contributed by atoms with van der Waals surface area (Å²) >= 11 is 9.81. The Morgan fingerprint density at radius 2 is 2.13 bits per heavy atom. The molecule has 5 heteroatoms. The van der Waals surface area contributed by atoms with Crippen LogP contribution in [0.5, 0.6) is 0 Å². The summed E-state index contributed by atoms with van der Waals surface area (Å²) in [6.07, 6.45) is -0.182. The van der Waals surface area contributed by atoms with Gasteiger partial charge < -0.3 is 5.11 Å². The first-order chi connectivity index (χ1) is 7.10. The maximum Gasteiger partial charge on any atom is 0.307 e. The van der Waals surface area contributed by atoms with Crippen LogP contribution in [0.4, 0.5) is 0 Å². The average molecular weight is 242 g/mol. The van der Waals surface area contributed by atoms with E-state index in [0.29, 0.717) is 16.0 Å². The molecular formula is C10H8ClNO2S. The zero-order chi connectivity index (χ0) is 11.4. The number of rotatable bonds is 3. The smallest absolute Gasteiger partial charge is 0.307 e. The monoisotopic (exact) mass is 241 g/mol. The van der Waals surface area contributed by atoms with Crippen LogP contribution < -0.4 is 0 Å². The maximum absolute atomic E-state index is 10.5. The lowest BCUT2D eigenvalue weighted by Crippen LogP contribution is -2.03. The van der Waals surface area contributed by atoms with E-state index in [1.165, 1.54) is 0 Å². The highest BCUT2D eigenvalue weighted by Crippen LogP contribution is 2.24. The predicted octanol–water partition coefficient (Wildman–Crippen LogP) is 2.21. The number of aliphatic carboxylic acids is 1. The first-order valence-electron chi connectivity index (χ1n) is 4.11. The summed E-state index contributed by atoms with van der Waals surface area (Å²) in [4.78, 5) is 11.0. The van der Waals surface area contributed by atoms with Crippen LogP contribution in [-0.2, 0) is 17.1 Å². The lowest BCUT2D eigenvalue weighted by atomic mass is 10.0. The van der Waals surface area contributed by atoms with Gasteiger partial charge in [-0.3, -0.25) is 4.79 Å². The molecule has 3 nitrogen and oxygen atoms in total. The lowest BCUT2D eigenvalue weighted by molar-refractivity contribution is -0.136. The summed E-state index contributed by atoms with van der Waals surface area (Å²) in [6, 6.07) is 5.24. The third kappa shape index (κ3) is 2.65. The summed E-state index contributed by atoms with van der Waals surface area (Å²) < 4.78 is 0. The third-order valence-electron chi connectivity index (χ3n) is 1.95. The standard InChI is InChI=1S/C10H8ClNO2S/c11-4-7-2-1-6(3-9(13)14)8(5-12)10(7)15/h1-2,15H,3-4H2,(H,13,14). The molecule has 1 aromatic rings. The molecule has 0 unspecified atom stereocenters. The van der Waals surface area contributed by atoms with Crippen molar-refractivity contribution in [2.75, 3.05) is 0 Å². The van der Waals surface area contributed by atoms with Gasteiger partial charge in [-0.15, -0.1) is 24.2 Å². The summed E-state index contributed by atoms with van der Waals surface area (Å²) in [7, 11) is 0. The molecule has 0 saturated carbocycles. The molecule has 0 atom stereocenters. The molecule has 0 aliphatic rings. The largest absolute Gasteiger partial charge is 0.481 e. The van der Waals surface area contributed by atoms with Crippen LogP contribution in [0.2, 0.25) is 0 Å². The van der Waals surface area contributed by atoms with Crippen molar-refractivity contribution in [1.29, 1.82) is 5.26 Å². The highest BCUT2D eigenvalue weighted by Gasteiger charge is 2.12. The van der Waals surface area contributed by atoms with Crippen LogP contribution in [0.15, 0.2) is 17.0 Å². The number of hydrogen-bond acceptors (Lipinski definition) is 3. The summed E-state index contributed by atoms with van der Waals surface area (Å²) in [6.45, 7) is 0. The molecule has 1 rings (SSSR count). The summed E-state index contributed by atoms with van der Waals surface area (Å²) in [5.41, 5.74) is 1.48. The first kappa shape index (κ1) is 11.9. The molecule has 0 aromatic heterocycles. The number of carboxylic acid groups (broad SMARTS) is 1. The maximum atomic E-state index is 10.5. The van der Waals surface area contributed by atoms with Gasteiger partial charge in [-0.25, -0.2) is 0 Å². The second kappa shape index (κ2) is 5.06. The molecule has 0 fully saturated rings. The van der Waals surface area contributed by atoms with Gasteiger partial charge in [-0.05, 0) is 11.1 Å². The molecule has 0 heterocycles. The van der Waals surface area contributed by atoms with E-state index in [1.54, 1.807) is 12.1 Å². The number of alkyl halides is 1. The minimum absolute atomic E-state index is 0.182. The number of benzene rings is 1. The molecule has 0 bridgehead atoms. The van der Waals surface area contributed by atoms with Crippen LogP contribution >= 0.6 is 24.2 Å². The Morgan fingerprint density at radius 3 is 2.60 bits per heavy atom. The SMILES string of the molecule is N#Cc1c(CC(=O)O)ccc(CCl)c1S. The Balaban J connectivity index is 3.26. The first-order valence-corrected chi connectivity index (χ1v) is 5.10. The Kier molecular flexibility index (Phi) is 4.01. The van der Waals surface area contributed by atoms with Crippen molar-refractivity contribution < 1.29 is 9.90 Å². The topological polar surface area (TPSA) is 61.1 Å². The number of halogens is 1. The number of carboxylic acids is 1. The Labute approximate surface area is 97.7 Å². The zero-order valence-corrected chi connectivity index (χ0v) is 9.35. The molecule has 1 N–H and O–H groups in total. The van der Waals surface area contributed by atoms with Gasteiger partial charge in [0, 0.05) is 10.8 Å². The molecular weight excluding hydrogens is 234 g/mol. The Morgan fingerprint density at radius 1 is 1.53 bits per heavy atom. The Bertz CT molecular complexity index is 440. The van der Waals surface area contributed by atoms with E-state index in [-0.39, 0.29) is 12.3 Å². The van der Waals surface area contributed by atoms with Crippen molar-refractivity contribution in [3.05, 3.63) is 28.8 Å².